The zero-order valence-corrected chi connectivity index (χ0v) is 11.7. The lowest BCUT2D eigenvalue weighted by atomic mass is 10.2. The van der Waals surface area contributed by atoms with Gasteiger partial charge in [0.25, 0.3) is 5.82 Å². The topological polar surface area (TPSA) is 102 Å². The summed E-state index contributed by atoms with van der Waals surface area (Å²) in [7, 11) is 0. The fraction of sp³-hybridized carbons (Fsp3) is 0.286. The maximum atomic E-state index is 12.0. The second kappa shape index (κ2) is 6.13. The summed E-state index contributed by atoms with van der Waals surface area (Å²) >= 11 is 0. The first-order valence-corrected chi connectivity index (χ1v) is 6.73. The Labute approximate surface area is 126 Å². The van der Waals surface area contributed by atoms with E-state index in [1.807, 2.05) is 0 Å². The normalized spacial score (nSPS) is 13.0. The highest BCUT2D eigenvalue weighted by atomic mass is 16.5. The third-order valence-corrected chi connectivity index (χ3v) is 2.97. The van der Waals surface area contributed by atoms with Crippen LogP contribution in [0, 0.1) is 11.3 Å². The van der Waals surface area contributed by atoms with E-state index < -0.39 is 0 Å². The fourth-order valence-corrected chi connectivity index (χ4v) is 2.01. The summed E-state index contributed by atoms with van der Waals surface area (Å²) in [6, 6.07) is 7.03. The molecule has 0 bridgehead atoms. The van der Waals surface area contributed by atoms with Gasteiger partial charge in [-0.05, 0) is 12.1 Å². The minimum Gasteiger partial charge on any atom is -0.490 e. The largest absolute Gasteiger partial charge is 0.490 e. The van der Waals surface area contributed by atoms with Gasteiger partial charge in [-0.25, -0.2) is 9.67 Å². The average molecular weight is 299 g/mol. The maximum absolute atomic E-state index is 12.0. The average Bonchev–Trinajstić information content (AvgIpc) is 2.83. The first-order valence-electron chi connectivity index (χ1n) is 6.73. The van der Waals surface area contributed by atoms with E-state index in [0.29, 0.717) is 30.4 Å². The molecular formula is C14H13N5O3. The molecule has 0 saturated heterocycles. The Bertz CT molecular complexity index is 734. The van der Waals surface area contributed by atoms with Crippen molar-refractivity contribution < 1.29 is 14.3 Å². The summed E-state index contributed by atoms with van der Waals surface area (Å²) < 4.78 is 12.4. The Kier molecular flexibility index (Phi) is 3.87. The highest BCUT2D eigenvalue weighted by Crippen LogP contribution is 2.32. The number of hydrogen-bond donors (Lipinski definition) is 1. The number of anilines is 1. The second-order valence-corrected chi connectivity index (χ2v) is 4.64. The van der Waals surface area contributed by atoms with Gasteiger partial charge in [-0.1, -0.05) is 0 Å². The molecule has 0 aliphatic carbocycles. The monoisotopic (exact) mass is 299 g/mol. The number of amides is 1. The molecule has 2 heterocycles. The van der Waals surface area contributed by atoms with Crippen LogP contribution in [0.25, 0.3) is 0 Å². The van der Waals surface area contributed by atoms with Crippen LogP contribution in [0.3, 0.4) is 0 Å². The number of benzene rings is 1. The van der Waals surface area contributed by atoms with Crippen molar-refractivity contribution in [1.82, 2.24) is 14.8 Å². The van der Waals surface area contributed by atoms with Crippen LogP contribution >= 0.6 is 0 Å². The van der Waals surface area contributed by atoms with Crippen molar-refractivity contribution in [2.75, 3.05) is 18.5 Å². The molecule has 1 aromatic carbocycles. The van der Waals surface area contributed by atoms with Gasteiger partial charge < -0.3 is 14.8 Å². The van der Waals surface area contributed by atoms with Gasteiger partial charge in [0.15, 0.2) is 11.5 Å². The van der Waals surface area contributed by atoms with E-state index in [1.54, 1.807) is 24.3 Å². The van der Waals surface area contributed by atoms with Gasteiger partial charge in [0.05, 0.1) is 13.2 Å². The molecule has 0 atom stereocenters. The smallest absolute Gasteiger partial charge is 0.252 e. The number of hydrogen-bond acceptors (Lipinski definition) is 6. The number of rotatable bonds is 3. The minimum absolute atomic E-state index is 0.0247. The molecule has 0 fully saturated rings. The Morgan fingerprint density at radius 1 is 1.36 bits per heavy atom. The van der Waals surface area contributed by atoms with Crippen molar-refractivity contribution in [3.63, 3.8) is 0 Å². The standard InChI is InChI=1S/C14H13N5O3/c15-7-13-16-9-19(18-13)8-14(20)17-10-2-3-11-12(6-10)22-5-1-4-21-11/h2-3,6,9H,1,4-5,8H2,(H,17,20). The molecule has 2 aromatic rings. The summed E-state index contributed by atoms with van der Waals surface area (Å²) in [5.74, 6) is 1.04. The summed E-state index contributed by atoms with van der Waals surface area (Å²) in [4.78, 5) is 15.7. The SMILES string of the molecule is N#Cc1ncn(CC(=O)Nc2ccc3c(c2)OCCCO3)n1. The molecule has 1 amide bonds. The fourth-order valence-electron chi connectivity index (χ4n) is 2.01. The van der Waals surface area contributed by atoms with Crippen molar-refractivity contribution in [2.45, 2.75) is 13.0 Å². The van der Waals surface area contributed by atoms with E-state index in [2.05, 4.69) is 15.4 Å². The maximum Gasteiger partial charge on any atom is 0.252 e. The summed E-state index contributed by atoms with van der Waals surface area (Å²) in [5, 5.41) is 15.2. The number of nitrogens with one attached hydrogen (secondary N) is 1. The van der Waals surface area contributed by atoms with Crippen LogP contribution in [-0.2, 0) is 11.3 Å². The van der Waals surface area contributed by atoms with Crippen molar-refractivity contribution >= 4 is 11.6 Å². The highest BCUT2D eigenvalue weighted by molar-refractivity contribution is 5.90. The third kappa shape index (κ3) is 3.15. The molecule has 22 heavy (non-hydrogen) atoms. The summed E-state index contributed by atoms with van der Waals surface area (Å²) in [6.07, 6.45) is 2.16. The molecule has 8 nitrogen and oxygen atoms in total. The van der Waals surface area contributed by atoms with E-state index in [9.17, 15) is 4.79 Å². The van der Waals surface area contributed by atoms with E-state index in [-0.39, 0.29) is 18.3 Å². The molecule has 0 radical (unpaired) electrons. The van der Waals surface area contributed by atoms with Crippen LogP contribution in [0.4, 0.5) is 5.69 Å². The molecule has 1 N–H and O–H groups in total. The lowest BCUT2D eigenvalue weighted by Gasteiger charge is -2.10. The van der Waals surface area contributed by atoms with Crippen molar-refractivity contribution in [3.8, 4) is 17.6 Å². The van der Waals surface area contributed by atoms with E-state index >= 15 is 0 Å². The zero-order valence-electron chi connectivity index (χ0n) is 11.7. The van der Waals surface area contributed by atoms with Crippen molar-refractivity contribution in [3.05, 3.63) is 30.4 Å². The van der Waals surface area contributed by atoms with Crippen LogP contribution in [0.1, 0.15) is 12.2 Å². The molecule has 0 unspecified atom stereocenters. The van der Waals surface area contributed by atoms with E-state index in [0.717, 1.165) is 6.42 Å². The zero-order chi connectivity index (χ0) is 15.4. The number of nitrogens with zero attached hydrogens (tertiary/aromatic N) is 4. The number of carbonyl (C=O) groups excluding carboxylic acids is 1. The molecule has 1 aliphatic heterocycles. The van der Waals surface area contributed by atoms with Crippen molar-refractivity contribution in [2.24, 2.45) is 0 Å². The van der Waals surface area contributed by atoms with Crippen molar-refractivity contribution in [1.29, 1.82) is 5.26 Å². The predicted molar refractivity (Wildman–Crippen MR) is 75.4 cm³/mol. The van der Waals surface area contributed by atoms with E-state index in [1.165, 1.54) is 11.0 Å². The first kappa shape index (κ1) is 13.9. The molecule has 1 aromatic heterocycles. The molecule has 8 heteroatoms. The van der Waals surface area contributed by atoms with Gasteiger partial charge in [0.2, 0.25) is 5.91 Å². The molecule has 112 valence electrons. The third-order valence-electron chi connectivity index (χ3n) is 2.97. The van der Waals surface area contributed by atoms with Crippen LogP contribution < -0.4 is 14.8 Å². The summed E-state index contributed by atoms with van der Waals surface area (Å²) in [5.41, 5.74) is 0.606. The summed E-state index contributed by atoms with van der Waals surface area (Å²) in [6.45, 7) is 1.18. The van der Waals surface area contributed by atoms with Gasteiger partial charge in [-0.3, -0.25) is 4.79 Å². The molecule has 3 rings (SSSR count). The highest BCUT2D eigenvalue weighted by Gasteiger charge is 2.12. The molecular weight excluding hydrogens is 286 g/mol. The Balaban J connectivity index is 1.66. The van der Waals surface area contributed by atoms with Crippen LogP contribution in [0.15, 0.2) is 24.5 Å². The predicted octanol–water partition coefficient (Wildman–Crippen LogP) is 0.950. The van der Waals surface area contributed by atoms with Crippen LogP contribution in [0.2, 0.25) is 0 Å². The Morgan fingerprint density at radius 2 is 2.18 bits per heavy atom. The molecule has 0 spiro atoms. The van der Waals surface area contributed by atoms with Gasteiger partial charge in [0, 0.05) is 18.2 Å². The van der Waals surface area contributed by atoms with Crippen LogP contribution in [0.5, 0.6) is 11.5 Å². The Morgan fingerprint density at radius 3 is 2.95 bits per heavy atom. The number of nitriles is 1. The number of ether oxygens (including phenoxy) is 2. The van der Waals surface area contributed by atoms with Gasteiger partial charge in [-0.2, -0.15) is 5.26 Å². The van der Waals surface area contributed by atoms with Gasteiger partial charge in [0.1, 0.15) is 18.9 Å². The van der Waals surface area contributed by atoms with Gasteiger partial charge >= 0.3 is 0 Å². The number of aromatic nitrogens is 3. The van der Waals surface area contributed by atoms with Crippen LogP contribution in [-0.4, -0.2) is 33.9 Å². The second-order valence-electron chi connectivity index (χ2n) is 4.64. The number of fused-ring (bicyclic) bond motifs is 1. The lowest BCUT2D eigenvalue weighted by Crippen LogP contribution is -2.19. The number of carbonyl (C=O) groups is 1. The first-order chi connectivity index (χ1) is 10.7. The Hall–Kier alpha value is -3.08. The van der Waals surface area contributed by atoms with Gasteiger partial charge in [-0.15, -0.1) is 5.10 Å². The van der Waals surface area contributed by atoms with E-state index in [4.69, 9.17) is 14.7 Å². The minimum atomic E-state index is -0.274. The quantitative estimate of drug-likeness (QED) is 0.905. The molecule has 1 aliphatic rings. The molecule has 0 saturated carbocycles. The lowest BCUT2D eigenvalue weighted by molar-refractivity contribution is -0.116.